The van der Waals surface area contributed by atoms with Crippen molar-refractivity contribution in [3.05, 3.63) is 60.4 Å². The molecule has 0 bridgehead atoms. The highest BCUT2D eigenvalue weighted by Crippen LogP contribution is 2.40. The van der Waals surface area contributed by atoms with E-state index in [1.165, 1.54) is 31.0 Å². The van der Waals surface area contributed by atoms with Crippen molar-refractivity contribution in [3.8, 4) is 11.4 Å². The third-order valence-corrected chi connectivity index (χ3v) is 6.56. The number of thioether (sulfide) groups is 1. The fourth-order valence-electron chi connectivity index (χ4n) is 3.93. The quantitative estimate of drug-likeness (QED) is 0.383. The lowest BCUT2D eigenvalue weighted by molar-refractivity contribution is -0.142. The van der Waals surface area contributed by atoms with Gasteiger partial charge in [-0.25, -0.2) is 0 Å². The SMILES string of the molecule is CCOC(=O)C(Sc1nnc(-c2ccncc2)n1C1CCCCC1)c1ccccc1. The predicted molar refractivity (Wildman–Crippen MR) is 117 cm³/mol. The zero-order chi connectivity index (χ0) is 20.8. The van der Waals surface area contributed by atoms with E-state index in [1.807, 2.05) is 49.4 Å². The second kappa shape index (κ2) is 9.89. The Morgan fingerprint density at radius 2 is 1.83 bits per heavy atom. The summed E-state index contributed by atoms with van der Waals surface area (Å²) in [6.07, 6.45) is 9.39. The number of nitrogens with zero attached hydrogens (tertiary/aromatic N) is 4. The van der Waals surface area contributed by atoms with Crippen molar-refractivity contribution < 1.29 is 9.53 Å². The molecule has 1 saturated carbocycles. The van der Waals surface area contributed by atoms with E-state index in [4.69, 9.17) is 4.74 Å². The molecule has 2 aromatic heterocycles. The maximum absolute atomic E-state index is 12.8. The Balaban J connectivity index is 1.73. The first-order valence-electron chi connectivity index (χ1n) is 10.5. The van der Waals surface area contributed by atoms with Gasteiger partial charge in [0.2, 0.25) is 0 Å². The molecule has 30 heavy (non-hydrogen) atoms. The molecule has 156 valence electrons. The second-order valence-electron chi connectivity index (χ2n) is 7.36. The summed E-state index contributed by atoms with van der Waals surface area (Å²) in [6.45, 7) is 2.18. The van der Waals surface area contributed by atoms with Crippen molar-refractivity contribution >= 4 is 17.7 Å². The zero-order valence-corrected chi connectivity index (χ0v) is 17.9. The molecule has 0 saturated heterocycles. The Hall–Kier alpha value is -2.67. The second-order valence-corrected chi connectivity index (χ2v) is 8.44. The maximum atomic E-state index is 12.8. The van der Waals surface area contributed by atoms with Crippen molar-refractivity contribution in [2.45, 2.75) is 55.5 Å². The monoisotopic (exact) mass is 422 g/mol. The molecule has 1 aliphatic carbocycles. The third kappa shape index (κ3) is 4.56. The van der Waals surface area contributed by atoms with Crippen LogP contribution in [0.1, 0.15) is 55.9 Å². The lowest BCUT2D eigenvalue weighted by atomic mass is 9.95. The standard InChI is InChI=1S/C23H26N4O2S/c1-2-29-22(28)20(17-9-5-3-6-10-17)30-23-26-25-21(18-13-15-24-16-14-18)27(23)19-11-7-4-8-12-19/h3,5-6,9-10,13-16,19-20H,2,4,7-8,11-12H2,1H3. The minimum Gasteiger partial charge on any atom is -0.465 e. The molecule has 0 aliphatic heterocycles. The Morgan fingerprint density at radius 1 is 1.10 bits per heavy atom. The van der Waals surface area contributed by atoms with E-state index in [1.54, 1.807) is 12.4 Å². The van der Waals surface area contributed by atoms with Crippen LogP contribution in [0.2, 0.25) is 0 Å². The van der Waals surface area contributed by atoms with Crippen LogP contribution in [-0.4, -0.2) is 32.3 Å². The topological polar surface area (TPSA) is 69.9 Å². The Kier molecular flexibility index (Phi) is 6.79. The predicted octanol–water partition coefficient (Wildman–Crippen LogP) is 5.24. The van der Waals surface area contributed by atoms with E-state index in [0.717, 1.165) is 34.9 Å². The number of rotatable bonds is 7. The van der Waals surface area contributed by atoms with Gasteiger partial charge in [0.1, 0.15) is 5.25 Å². The zero-order valence-electron chi connectivity index (χ0n) is 17.1. The van der Waals surface area contributed by atoms with Gasteiger partial charge in [0, 0.05) is 24.0 Å². The highest BCUT2D eigenvalue weighted by Gasteiger charge is 2.29. The Bertz CT molecular complexity index is 956. The van der Waals surface area contributed by atoms with Crippen LogP contribution in [0, 0.1) is 0 Å². The summed E-state index contributed by atoms with van der Waals surface area (Å²) in [5.41, 5.74) is 1.90. The van der Waals surface area contributed by atoms with E-state index < -0.39 is 5.25 Å². The van der Waals surface area contributed by atoms with Crippen molar-refractivity contribution in [1.82, 2.24) is 19.7 Å². The van der Waals surface area contributed by atoms with E-state index in [0.29, 0.717) is 12.6 Å². The molecule has 1 fully saturated rings. The first-order chi connectivity index (χ1) is 14.8. The van der Waals surface area contributed by atoms with Crippen molar-refractivity contribution in [1.29, 1.82) is 0 Å². The average molecular weight is 423 g/mol. The van der Waals surface area contributed by atoms with Gasteiger partial charge in [-0.3, -0.25) is 14.3 Å². The normalized spacial score (nSPS) is 15.6. The molecule has 0 N–H and O–H groups in total. The van der Waals surface area contributed by atoms with Crippen LogP contribution >= 0.6 is 11.8 Å². The Morgan fingerprint density at radius 3 is 2.53 bits per heavy atom. The molecule has 1 aromatic carbocycles. The molecule has 7 heteroatoms. The molecule has 1 atom stereocenters. The van der Waals surface area contributed by atoms with Crippen molar-refractivity contribution in [2.75, 3.05) is 6.61 Å². The Labute approximate surface area is 181 Å². The van der Waals surface area contributed by atoms with E-state index in [9.17, 15) is 4.79 Å². The first kappa shape index (κ1) is 20.6. The molecule has 4 rings (SSSR count). The van der Waals surface area contributed by atoms with Gasteiger partial charge in [0.25, 0.3) is 0 Å². The third-order valence-electron chi connectivity index (χ3n) is 5.37. The van der Waals surface area contributed by atoms with E-state index >= 15 is 0 Å². The summed E-state index contributed by atoms with van der Waals surface area (Å²) in [7, 11) is 0. The summed E-state index contributed by atoms with van der Waals surface area (Å²) < 4.78 is 7.61. The van der Waals surface area contributed by atoms with Gasteiger partial charge in [-0.2, -0.15) is 0 Å². The highest BCUT2D eigenvalue weighted by atomic mass is 32.2. The van der Waals surface area contributed by atoms with Gasteiger partial charge in [0.05, 0.1) is 6.61 Å². The molecule has 0 spiro atoms. The van der Waals surface area contributed by atoms with Crippen LogP contribution in [0.15, 0.2) is 60.0 Å². The largest absolute Gasteiger partial charge is 0.465 e. The fraction of sp³-hybridized carbons (Fsp3) is 0.391. The summed E-state index contributed by atoms with van der Waals surface area (Å²) in [4.78, 5) is 16.9. The van der Waals surface area contributed by atoms with Gasteiger partial charge in [-0.1, -0.05) is 61.4 Å². The lowest BCUT2D eigenvalue weighted by Crippen LogP contribution is -2.17. The molecule has 0 radical (unpaired) electrons. The van der Waals surface area contributed by atoms with Gasteiger partial charge < -0.3 is 4.74 Å². The number of ether oxygens (including phenoxy) is 1. The highest BCUT2D eigenvalue weighted by molar-refractivity contribution is 8.00. The van der Waals surface area contributed by atoms with Crippen LogP contribution in [0.4, 0.5) is 0 Å². The van der Waals surface area contributed by atoms with Gasteiger partial charge >= 0.3 is 5.97 Å². The molecule has 1 aliphatic rings. The molecule has 6 nitrogen and oxygen atoms in total. The van der Waals surface area contributed by atoms with Crippen molar-refractivity contribution in [2.24, 2.45) is 0 Å². The van der Waals surface area contributed by atoms with Crippen LogP contribution in [0.3, 0.4) is 0 Å². The number of aromatic nitrogens is 4. The number of pyridine rings is 1. The van der Waals surface area contributed by atoms with Gasteiger partial charge in [-0.05, 0) is 37.5 Å². The maximum Gasteiger partial charge on any atom is 0.324 e. The summed E-state index contributed by atoms with van der Waals surface area (Å²) in [6, 6.07) is 14.0. The molecule has 3 aromatic rings. The van der Waals surface area contributed by atoms with Crippen LogP contribution in [0.5, 0.6) is 0 Å². The first-order valence-corrected chi connectivity index (χ1v) is 11.4. The van der Waals surface area contributed by atoms with E-state index in [-0.39, 0.29) is 5.97 Å². The number of hydrogen-bond acceptors (Lipinski definition) is 6. The van der Waals surface area contributed by atoms with Crippen LogP contribution < -0.4 is 0 Å². The van der Waals surface area contributed by atoms with E-state index in [2.05, 4.69) is 19.7 Å². The van der Waals surface area contributed by atoms with Crippen molar-refractivity contribution in [3.63, 3.8) is 0 Å². The molecule has 2 heterocycles. The number of carbonyl (C=O) groups is 1. The molecule has 1 unspecified atom stereocenters. The minimum absolute atomic E-state index is 0.252. The lowest BCUT2D eigenvalue weighted by Gasteiger charge is -2.26. The van der Waals surface area contributed by atoms with Crippen LogP contribution in [0.25, 0.3) is 11.4 Å². The van der Waals surface area contributed by atoms with Gasteiger partial charge in [0.15, 0.2) is 11.0 Å². The minimum atomic E-state index is -0.483. The smallest absolute Gasteiger partial charge is 0.324 e. The number of esters is 1. The fourth-order valence-corrected chi connectivity index (χ4v) is 5.03. The average Bonchev–Trinajstić information content (AvgIpc) is 3.23. The number of hydrogen-bond donors (Lipinski definition) is 0. The summed E-state index contributed by atoms with van der Waals surface area (Å²) in [5, 5.41) is 9.33. The number of carbonyl (C=O) groups excluding carboxylic acids is 1. The number of benzene rings is 1. The molecule has 0 amide bonds. The van der Waals surface area contributed by atoms with Gasteiger partial charge in [-0.15, -0.1) is 10.2 Å². The molecular formula is C23H26N4O2S. The molecular weight excluding hydrogens is 396 g/mol. The summed E-state index contributed by atoms with van der Waals surface area (Å²) >= 11 is 1.42. The van der Waals surface area contributed by atoms with Crippen LogP contribution in [-0.2, 0) is 9.53 Å². The summed E-state index contributed by atoms with van der Waals surface area (Å²) in [5.74, 6) is 0.583.